The van der Waals surface area contributed by atoms with E-state index < -0.39 is 21.5 Å². The van der Waals surface area contributed by atoms with Crippen LogP contribution in [0.1, 0.15) is 0 Å². The van der Waals surface area contributed by atoms with Crippen LogP contribution in [0.5, 0.6) is 5.88 Å². The lowest BCUT2D eigenvalue weighted by Gasteiger charge is -2.06. The van der Waals surface area contributed by atoms with Crippen LogP contribution < -0.4 is 4.18 Å². The Labute approximate surface area is 92.8 Å². The maximum atomic E-state index is 12.0. The highest BCUT2D eigenvalue weighted by atomic mass is 32.2. The summed E-state index contributed by atoms with van der Waals surface area (Å²) in [6.45, 7) is 0. The number of rotatable bonds is 2. The number of imidazole rings is 1. The molecule has 2 aromatic rings. The summed E-state index contributed by atoms with van der Waals surface area (Å²) in [4.78, 5) is 7.17. The highest BCUT2D eigenvalue weighted by molar-refractivity contribution is 7.87. The molecule has 0 amide bonds. The minimum Gasteiger partial charge on any atom is -0.354 e. The molecule has 6 nitrogen and oxygen atoms in total. The fourth-order valence-corrected chi connectivity index (χ4v) is 1.42. The standard InChI is InChI=1S/C7H4F3N3O3S/c8-7(9,10)17(14,15)16-6-4-13-2-1-11-3-5(13)12-6/h1-4H. The van der Waals surface area contributed by atoms with Crippen LogP contribution in [0, 0.1) is 0 Å². The second kappa shape index (κ2) is 3.58. The highest BCUT2D eigenvalue weighted by Gasteiger charge is 2.49. The van der Waals surface area contributed by atoms with E-state index in [2.05, 4.69) is 14.2 Å². The summed E-state index contributed by atoms with van der Waals surface area (Å²) in [6.07, 6.45) is 4.99. The van der Waals surface area contributed by atoms with Crippen LogP contribution in [-0.4, -0.2) is 28.3 Å². The fourth-order valence-electron chi connectivity index (χ4n) is 1.02. The third-order valence-electron chi connectivity index (χ3n) is 1.72. The molecule has 92 valence electrons. The molecule has 0 aliphatic carbocycles. The number of hydrogen-bond donors (Lipinski definition) is 0. The van der Waals surface area contributed by atoms with Crippen molar-refractivity contribution in [2.24, 2.45) is 0 Å². The molecular weight excluding hydrogens is 263 g/mol. The van der Waals surface area contributed by atoms with Crippen molar-refractivity contribution in [3.05, 3.63) is 24.8 Å². The summed E-state index contributed by atoms with van der Waals surface area (Å²) in [7, 11) is -5.69. The molecule has 0 atom stereocenters. The predicted octanol–water partition coefficient (Wildman–Crippen LogP) is 0.958. The molecule has 0 radical (unpaired) electrons. The van der Waals surface area contributed by atoms with Crippen LogP contribution in [0.2, 0.25) is 0 Å². The molecule has 0 bridgehead atoms. The number of hydrogen-bond acceptors (Lipinski definition) is 5. The molecular formula is C7H4F3N3O3S. The van der Waals surface area contributed by atoms with Crippen LogP contribution in [0.15, 0.2) is 24.8 Å². The molecule has 0 aliphatic heterocycles. The van der Waals surface area contributed by atoms with Gasteiger partial charge in [-0.05, 0) is 0 Å². The Morgan fingerprint density at radius 3 is 2.65 bits per heavy atom. The third-order valence-corrected chi connectivity index (χ3v) is 2.68. The average molecular weight is 267 g/mol. The quantitative estimate of drug-likeness (QED) is 0.598. The predicted molar refractivity (Wildman–Crippen MR) is 48.6 cm³/mol. The molecule has 0 aromatic carbocycles. The molecule has 0 saturated heterocycles. The Morgan fingerprint density at radius 2 is 2.06 bits per heavy atom. The maximum absolute atomic E-state index is 12.0. The van der Waals surface area contributed by atoms with Crippen LogP contribution in [0.4, 0.5) is 13.2 Å². The molecule has 10 heteroatoms. The zero-order valence-corrected chi connectivity index (χ0v) is 8.73. The Balaban J connectivity index is 2.37. The van der Waals surface area contributed by atoms with E-state index in [4.69, 9.17) is 0 Å². The lowest BCUT2D eigenvalue weighted by molar-refractivity contribution is -0.0501. The topological polar surface area (TPSA) is 73.6 Å². The molecule has 0 fully saturated rings. The summed E-state index contributed by atoms with van der Waals surface area (Å²) in [6, 6.07) is 0. The van der Waals surface area contributed by atoms with Gasteiger partial charge in [0, 0.05) is 12.4 Å². The van der Waals surface area contributed by atoms with Crippen LogP contribution >= 0.6 is 0 Å². The van der Waals surface area contributed by atoms with Gasteiger partial charge in [0.25, 0.3) is 5.88 Å². The van der Waals surface area contributed by atoms with Gasteiger partial charge in [-0.3, -0.25) is 4.98 Å². The molecule has 0 saturated carbocycles. The van der Waals surface area contributed by atoms with E-state index in [1.54, 1.807) is 0 Å². The first kappa shape index (κ1) is 11.6. The van der Waals surface area contributed by atoms with Gasteiger partial charge < -0.3 is 8.58 Å². The first-order valence-electron chi connectivity index (χ1n) is 4.09. The van der Waals surface area contributed by atoms with Crippen molar-refractivity contribution in [2.45, 2.75) is 5.51 Å². The third kappa shape index (κ3) is 2.16. The largest absolute Gasteiger partial charge is 0.534 e. The van der Waals surface area contributed by atoms with Crippen LogP contribution in [0.25, 0.3) is 5.65 Å². The molecule has 0 unspecified atom stereocenters. The van der Waals surface area contributed by atoms with Crippen molar-refractivity contribution in [1.82, 2.24) is 14.4 Å². The minimum atomic E-state index is -5.69. The van der Waals surface area contributed by atoms with Gasteiger partial charge in [0.05, 0.1) is 12.4 Å². The monoisotopic (exact) mass is 267 g/mol. The van der Waals surface area contributed by atoms with Crippen molar-refractivity contribution in [2.75, 3.05) is 0 Å². The lowest BCUT2D eigenvalue weighted by Crippen LogP contribution is -2.28. The zero-order valence-electron chi connectivity index (χ0n) is 7.92. The number of alkyl halides is 3. The molecule has 0 N–H and O–H groups in total. The van der Waals surface area contributed by atoms with Crippen molar-refractivity contribution in [3.63, 3.8) is 0 Å². The van der Waals surface area contributed by atoms with Crippen molar-refractivity contribution in [1.29, 1.82) is 0 Å². The van der Waals surface area contributed by atoms with E-state index in [-0.39, 0.29) is 5.65 Å². The van der Waals surface area contributed by atoms with Gasteiger partial charge in [0.2, 0.25) is 0 Å². The zero-order chi connectivity index (χ0) is 12.7. The van der Waals surface area contributed by atoms with Gasteiger partial charge in [0.15, 0.2) is 5.65 Å². The first-order valence-corrected chi connectivity index (χ1v) is 5.50. The fraction of sp³-hybridized carbons (Fsp3) is 0.143. The van der Waals surface area contributed by atoms with E-state index in [1.165, 1.54) is 23.0 Å². The van der Waals surface area contributed by atoms with E-state index in [0.717, 1.165) is 6.20 Å². The lowest BCUT2D eigenvalue weighted by atomic mass is 10.7. The average Bonchev–Trinajstić information content (AvgIpc) is 2.56. The highest BCUT2D eigenvalue weighted by Crippen LogP contribution is 2.26. The molecule has 2 rings (SSSR count). The summed E-state index contributed by atoms with van der Waals surface area (Å²) in [5.41, 5.74) is -5.32. The molecule has 0 spiro atoms. The van der Waals surface area contributed by atoms with Gasteiger partial charge in [0.1, 0.15) is 0 Å². The van der Waals surface area contributed by atoms with Gasteiger partial charge in [-0.1, -0.05) is 0 Å². The van der Waals surface area contributed by atoms with Gasteiger partial charge in [-0.15, -0.1) is 0 Å². The SMILES string of the molecule is O=S(=O)(Oc1cn2ccncc2n1)C(F)(F)F. The van der Waals surface area contributed by atoms with Gasteiger partial charge in [-0.2, -0.15) is 26.6 Å². The molecule has 2 aromatic heterocycles. The smallest absolute Gasteiger partial charge is 0.354 e. The van der Waals surface area contributed by atoms with E-state index in [1.807, 2.05) is 0 Å². The summed E-state index contributed by atoms with van der Waals surface area (Å²) in [5, 5.41) is 0. The summed E-state index contributed by atoms with van der Waals surface area (Å²) in [5.74, 6) is -0.671. The number of halogens is 3. The molecule has 0 aliphatic rings. The Morgan fingerprint density at radius 1 is 1.35 bits per heavy atom. The number of nitrogens with zero attached hydrogens (tertiary/aromatic N) is 3. The van der Waals surface area contributed by atoms with Crippen molar-refractivity contribution < 1.29 is 25.8 Å². The van der Waals surface area contributed by atoms with Crippen molar-refractivity contribution in [3.8, 4) is 5.88 Å². The van der Waals surface area contributed by atoms with E-state index in [9.17, 15) is 21.6 Å². The number of fused-ring (bicyclic) bond motifs is 1. The number of aromatic nitrogens is 3. The Kier molecular flexibility index (Phi) is 2.45. The summed E-state index contributed by atoms with van der Waals surface area (Å²) < 4.78 is 62.5. The van der Waals surface area contributed by atoms with Gasteiger partial charge in [-0.25, -0.2) is 0 Å². The van der Waals surface area contributed by atoms with Crippen LogP contribution in [-0.2, 0) is 10.1 Å². The minimum absolute atomic E-state index is 0.167. The molecule has 17 heavy (non-hydrogen) atoms. The summed E-state index contributed by atoms with van der Waals surface area (Å²) >= 11 is 0. The Hall–Kier alpha value is -1.84. The normalized spacial score (nSPS) is 12.9. The van der Waals surface area contributed by atoms with Gasteiger partial charge >= 0.3 is 15.6 Å². The van der Waals surface area contributed by atoms with E-state index in [0.29, 0.717) is 0 Å². The Bertz CT molecular complexity index is 616. The van der Waals surface area contributed by atoms with Crippen molar-refractivity contribution >= 4 is 15.8 Å². The molecule has 2 heterocycles. The second-order valence-corrected chi connectivity index (χ2v) is 4.44. The first-order chi connectivity index (χ1) is 7.79. The maximum Gasteiger partial charge on any atom is 0.534 e. The van der Waals surface area contributed by atoms with E-state index >= 15 is 0 Å². The van der Waals surface area contributed by atoms with Crippen LogP contribution in [0.3, 0.4) is 0 Å². The second-order valence-electron chi connectivity index (χ2n) is 2.90.